The van der Waals surface area contributed by atoms with Crippen LogP contribution in [0, 0.1) is 0 Å². The van der Waals surface area contributed by atoms with Crippen LogP contribution in [0.2, 0.25) is 5.02 Å². The van der Waals surface area contributed by atoms with Crippen LogP contribution in [-0.2, 0) is 26.1 Å². The normalized spacial score (nSPS) is 21.8. The van der Waals surface area contributed by atoms with Gasteiger partial charge in [0.15, 0.2) is 0 Å². The molecule has 11 heteroatoms. The molecule has 3 aromatic rings. The van der Waals surface area contributed by atoms with E-state index in [1.165, 1.54) is 19.2 Å². The molecule has 2 heterocycles. The van der Waals surface area contributed by atoms with E-state index >= 15 is 0 Å². The van der Waals surface area contributed by atoms with Crippen molar-refractivity contribution in [2.45, 2.75) is 48.5 Å². The average Bonchev–Trinajstić information content (AvgIpc) is 3.30. The SMILES string of the molecule is COc1cccc(S(=O)(=O)Nc2ccc3c(c2)[C@@H]2C[C@H](CC(=O)NCc4ccc(Cl)cc4)O[C@H](CO)[C@@H]2O3)c1. The summed E-state index contributed by atoms with van der Waals surface area (Å²) >= 11 is 5.92. The van der Waals surface area contributed by atoms with Gasteiger partial charge in [0.1, 0.15) is 23.7 Å². The molecule has 0 radical (unpaired) electrons. The standard InChI is InChI=1S/C28H29ClN2O7S/c1-36-20-3-2-4-22(12-20)39(34,35)31-19-9-10-25-23(11-19)24-13-21(37-26(16-32)28(24)38-25)14-27(33)30-15-17-5-7-18(29)8-6-17/h2-12,21,24,26,28,31-32H,13-16H2,1H3,(H,30,33)/t21-,24+,26-,28-/m1/s1. The zero-order chi connectivity index (χ0) is 27.6. The van der Waals surface area contributed by atoms with E-state index in [0.29, 0.717) is 35.2 Å². The Labute approximate surface area is 232 Å². The topological polar surface area (TPSA) is 123 Å². The lowest BCUT2D eigenvalue weighted by molar-refractivity contribution is -0.142. The lowest BCUT2D eigenvalue weighted by Crippen LogP contribution is -2.47. The Hall–Kier alpha value is -3.31. The highest BCUT2D eigenvalue weighted by atomic mass is 35.5. The van der Waals surface area contributed by atoms with Crippen molar-refractivity contribution >= 4 is 33.2 Å². The van der Waals surface area contributed by atoms with Crippen molar-refractivity contribution in [1.29, 1.82) is 0 Å². The number of sulfonamides is 1. The van der Waals surface area contributed by atoms with Crippen molar-refractivity contribution in [2.24, 2.45) is 0 Å². The van der Waals surface area contributed by atoms with Crippen molar-refractivity contribution in [3.63, 3.8) is 0 Å². The van der Waals surface area contributed by atoms with Gasteiger partial charge in [-0.3, -0.25) is 9.52 Å². The highest BCUT2D eigenvalue weighted by Crippen LogP contribution is 2.47. The fourth-order valence-corrected chi connectivity index (χ4v) is 6.23. The largest absolute Gasteiger partial charge is 0.497 e. The Morgan fingerprint density at radius 2 is 1.92 bits per heavy atom. The second-order valence-electron chi connectivity index (χ2n) is 9.55. The number of hydrogen-bond acceptors (Lipinski definition) is 7. The van der Waals surface area contributed by atoms with Gasteiger partial charge >= 0.3 is 0 Å². The maximum absolute atomic E-state index is 13.0. The Bertz CT molecular complexity index is 1450. The number of aliphatic hydroxyl groups is 1. The number of methoxy groups -OCH3 is 1. The first-order valence-corrected chi connectivity index (χ1v) is 14.4. The summed E-state index contributed by atoms with van der Waals surface area (Å²) in [7, 11) is -2.39. The van der Waals surface area contributed by atoms with Gasteiger partial charge in [0.05, 0.1) is 31.1 Å². The van der Waals surface area contributed by atoms with E-state index < -0.39 is 28.3 Å². The molecule has 206 valence electrons. The monoisotopic (exact) mass is 572 g/mol. The fourth-order valence-electron chi connectivity index (χ4n) is 5.02. The predicted octanol–water partition coefficient (Wildman–Crippen LogP) is 3.85. The molecule has 0 aliphatic carbocycles. The van der Waals surface area contributed by atoms with Gasteiger partial charge in [-0.25, -0.2) is 8.42 Å². The summed E-state index contributed by atoms with van der Waals surface area (Å²) in [6.07, 6.45) is -0.912. The predicted molar refractivity (Wildman–Crippen MR) is 146 cm³/mol. The number of carbonyl (C=O) groups is 1. The number of fused-ring (bicyclic) bond motifs is 3. The molecule has 2 aliphatic heterocycles. The molecular weight excluding hydrogens is 544 g/mol. The van der Waals surface area contributed by atoms with Crippen molar-refractivity contribution in [3.05, 3.63) is 82.9 Å². The molecule has 1 fully saturated rings. The van der Waals surface area contributed by atoms with Crippen LogP contribution in [0.15, 0.2) is 71.6 Å². The quantitative estimate of drug-likeness (QED) is 0.356. The summed E-state index contributed by atoms with van der Waals surface area (Å²) < 4.78 is 45.9. The lowest BCUT2D eigenvalue weighted by Gasteiger charge is -2.37. The van der Waals surface area contributed by atoms with Crippen LogP contribution < -0.4 is 19.5 Å². The van der Waals surface area contributed by atoms with Gasteiger partial charge < -0.3 is 24.6 Å². The Kier molecular flexibility index (Phi) is 7.99. The first-order valence-electron chi connectivity index (χ1n) is 12.5. The van der Waals surface area contributed by atoms with Crippen LogP contribution in [0.3, 0.4) is 0 Å². The second kappa shape index (κ2) is 11.4. The minimum Gasteiger partial charge on any atom is -0.497 e. The van der Waals surface area contributed by atoms with E-state index in [1.807, 2.05) is 12.1 Å². The minimum atomic E-state index is -3.86. The second-order valence-corrected chi connectivity index (χ2v) is 11.7. The third kappa shape index (κ3) is 6.14. The molecule has 0 unspecified atom stereocenters. The third-order valence-corrected chi connectivity index (χ3v) is 8.55. The number of amides is 1. The molecule has 3 N–H and O–H groups in total. The minimum absolute atomic E-state index is 0.0764. The highest BCUT2D eigenvalue weighted by molar-refractivity contribution is 7.92. The number of carbonyl (C=O) groups excluding carboxylic acids is 1. The van der Waals surface area contributed by atoms with Crippen LogP contribution in [0.5, 0.6) is 11.5 Å². The first-order chi connectivity index (χ1) is 18.8. The van der Waals surface area contributed by atoms with Crippen molar-refractivity contribution in [2.75, 3.05) is 18.4 Å². The van der Waals surface area contributed by atoms with Gasteiger partial charge in [0.25, 0.3) is 10.0 Å². The average molecular weight is 573 g/mol. The molecular formula is C28H29ClN2O7S. The maximum Gasteiger partial charge on any atom is 0.262 e. The lowest BCUT2D eigenvalue weighted by atomic mass is 9.84. The molecule has 0 bridgehead atoms. The first kappa shape index (κ1) is 27.3. The van der Waals surface area contributed by atoms with Gasteiger partial charge in [-0.05, 0) is 54.4 Å². The summed E-state index contributed by atoms with van der Waals surface area (Å²) in [6.45, 7) is 0.0916. The van der Waals surface area contributed by atoms with Crippen LogP contribution in [0.4, 0.5) is 5.69 Å². The number of ether oxygens (including phenoxy) is 3. The molecule has 1 amide bonds. The van der Waals surface area contributed by atoms with Crippen molar-refractivity contribution in [1.82, 2.24) is 5.32 Å². The highest BCUT2D eigenvalue weighted by Gasteiger charge is 2.46. The van der Waals surface area contributed by atoms with Crippen LogP contribution in [0.25, 0.3) is 0 Å². The van der Waals surface area contributed by atoms with Gasteiger partial charge in [0.2, 0.25) is 5.91 Å². The van der Waals surface area contributed by atoms with Crippen LogP contribution >= 0.6 is 11.6 Å². The fraction of sp³-hybridized carbons (Fsp3) is 0.321. The number of aliphatic hydroxyl groups excluding tert-OH is 1. The number of hydrogen-bond donors (Lipinski definition) is 3. The zero-order valence-electron chi connectivity index (χ0n) is 21.2. The Morgan fingerprint density at radius 3 is 2.67 bits per heavy atom. The van der Waals surface area contributed by atoms with Crippen LogP contribution in [-0.4, -0.2) is 51.5 Å². The zero-order valence-corrected chi connectivity index (χ0v) is 22.7. The van der Waals surface area contributed by atoms with Gasteiger partial charge in [-0.2, -0.15) is 0 Å². The summed E-state index contributed by atoms with van der Waals surface area (Å²) in [5, 5.41) is 13.5. The van der Waals surface area contributed by atoms with Crippen molar-refractivity contribution in [3.8, 4) is 11.5 Å². The van der Waals surface area contributed by atoms with E-state index in [1.54, 1.807) is 42.5 Å². The van der Waals surface area contributed by atoms with E-state index in [2.05, 4.69) is 10.0 Å². The van der Waals surface area contributed by atoms with E-state index in [-0.39, 0.29) is 29.7 Å². The number of nitrogens with one attached hydrogen (secondary N) is 2. The Morgan fingerprint density at radius 1 is 1.13 bits per heavy atom. The molecule has 0 aromatic heterocycles. The molecule has 3 aromatic carbocycles. The van der Waals surface area contributed by atoms with E-state index in [4.69, 9.17) is 25.8 Å². The number of anilines is 1. The molecule has 1 saturated heterocycles. The van der Waals surface area contributed by atoms with Crippen molar-refractivity contribution < 1.29 is 32.5 Å². The molecule has 39 heavy (non-hydrogen) atoms. The summed E-state index contributed by atoms with van der Waals surface area (Å²) in [5.41, 5.74) is 2.11. The molecule has 2 aliphatic rings. The maximum atomic E-state index is 13.0. The third-order valence-electron chi connectivity index (χ3n) is 6.92. The molecule has 4 atom stereocenters. The molecule has 0 saturated carbocycles. The van der Waals surface area contributed by atoms with Gasteiger partial charge in [-0.15, -0.1) is 0 Å². The number of halogens is 1. The smallest absolute Gasteiger partial charge is 0.262 e. The number of rotatable bonds is 9. The molecule has 0 spiro atoms. The molecule has 5 rings (SSSR count). The summed E-state index contributed by atoms with van der Waals surface area (Å²) in [6, 6.07) is 18.5. The van der Waals surface area contributed by atoms with Gasteiger partial charge in [0, 0.05) is 34.8 Å². The Balaban J connectivity index is 1.28. The molecule has 9 nitrogen and oxygen atoms in total. The van der Waals surface area contributed by atoms with Crippen LogP contribution in [0.1, 0.15) is 29.9 Å². The summed E-state index contributed by atoms with van der Waals surface area (Å²) in [5.74, 6) is 0.679. The van der Waals surface area contributed by atoms with E-state index in [0.717, 1.165) is 11.1 Å². The number of benzene rings is 3. The van der Waals surface area contributed by atoms with E-state index in [9.17, 15) is 18.3 Å². The summed E-state index contributed by atoms with van der Waals surface area (Å²) in [4.78, 5) is 12.8. The van der Waals surface area contributed by atoms with Gasteiger partial charge in [-0.1, -0.05) is 29.8 Å².